The summed E-state index contributed by atoms with van der Waals surface area (Å²) in [5.74, 6) is -0.294. The Morgan fingerprint density at radius 2 is 1.86 bits per heavy atom. The van der Waals surface area contributed by atoms with E-state index >= 15 is 0 Å². The number of carbonyl (C=O) groups excluding carboxylic acids is 4. The van der Waals surface area contributed by atoms with Crippen LogP contribution in [0.15, 0.2) is 0 Å². The molecule has 2 saturated carbocycles. The number of likely N-dealkylation sites (tertiary alicyclic amines) is 1. The van der Waals surface area contributed by atoms with E-state index in [4.69, 9.17) is 0 Å². The van der Waals surface area contributed by atoms with Gasteiger partial charge >= 0.3 is 6.03 Å². The molecule has 2 aliphatic carbocycles. The molecule has 0 aromatic heterocycles. The third-order valence-corrected chi connectivity index (χ3v) is 9.07. The number of hydrogen-bond acceptors (Lipinski definition) is 5. The van der Waals surface area contributed by atoms with E-state index in [0.29, 0.717) is 18.9 Å². The van der Waals surface area contributed by atoms with Gasteiger partial charge in [-0.15, -0.1) is 0 Å². The molecule has 0 aromatic carbocycles. The first-order valence-electron chi connectivity index (χ1n) is 13.4. The Bertz CT molecular complexity index is 1020. The van der Waals surface area contributed by atoms with Crippen LogP contribution in [0.25, 0.3) is 0 Å². The van der Waals surface area contributed by atoms with Gasteiger partial charge < -0.3 is 25.8 Å². The predicted molar refractivity (Wildman–Crippen MR) is 137 cm³/mol. The molecule has 4 aliphatic rings. The predicted octanol–water partition coefficient (Wildman–Crippen LogP) is 1.61. The number of nitrogens with one attached hydrogen (secondary N) is 3. The summed E-state index contributed by atoms with van der Waals surface area (Å²) in [6, 6.07) is 0.00613. The molecule has 1 spiro atoms. The van der Waals surface area contributed by atoms with Crippen LogP contribution in [0.2, 0.25) is 0 Å². The molecule has 4 rings (SSSR count). The molecule has 0 aromatic rings. The molecule has 0 bridgehead atoms. The van der Waals surface area contributed by atoms with Crippen molar-refractivity contribution in [2.45, 2.75) is 90.4 Å². The Kier molecular flexibility index (Phi) is 6.75. The van der Waals surface area contributed by atoms with E-state index in [2.05, 4.69) is 35.9 Å². The smallest absolute Gasteiger partial charge is 0.317 e. The zero-order valence-electron chi connectivity index (χ0n) is 23.2. The van der Waals surface area contributed by atoms with Crippen LogP contribution < -0.4 is 16.0 Å². The summed E-state index contributed by atoms with van der Waals surface area (Å²) in [5, 5.41) is 18.4. The second-order valence-corrected chi connectivity index (χ2v) is 13.5. The minimum absolute atomic E-state index is 0.0288. The Hall–Kier alpha value is -2.83. The van der Waals surface area contributed by atoms with E-state index in [1.807, 2.05) is 20.8 Å². The van der Waals surface area contributed by atoms with Gasteiger partial charge in [-0.05, 0) is 48.3 Å². The molecule has 10 heteroatoms. The van der Waals surface area contributed by atoms with Crippen LogP contribution in [-0.2, 0) is 14.4 Å². The maximum absolute atomic E-state index is 13.8. The van der Waals surface area contributed by atoms with Crippen LogP contribution in [-0.4, -0.2) is 77.9 Å². The van der Waals surface area contributed by atoms with Crippen molar-refractivity contribution in [2.75, 3.05) is 20.6 Å². The van der Waals surface area contributed by atoms with Crippen molar-refractivity contribution in [1.82, 2.24) is 25.8 Å². The van der Waals surface area contributed by atoms with Crippen molar-refractivity contribution >= 4 is 23.8 Å². The number of carbonyl (C=O) groups is 4. The summed E-state index contributed by atoms with van der Waals surface area (Å²) >= 11 is 0. The number of nitrogens with zero attached hydrogens (tertiary/aromatic N) is 3. The van der Waals surface area contributed by atoms with Crippen molar-refractivity contribution in [3.8, 4) is 6.07 Å². The molecule has 2 heterocycles. The summed E-state index contributed by atoms with van der Waals surface area (Å²) in [4.78, 5) is 54.9. The van der Waals surface area contributed by atoms with Gasteiger partial charge in [0.25, 0.3) is 0 Å². The van der Waals surface area contributed by atoms with Crippen LogP contribution >= 0.6 is 0 Å². The number of piperidine rings is 1. The monoisotopic (exact) mass is 514 g/mol. The van der Waals surface area contributed by atoms with E-state index in [1.165, 1.54) is 4.90 Å². The third-order valence-electron chi connectivity index (χ3n) is 9.07. The van der Waals surface area contributed by atoms with Crippen molar-refractivity contribution in [3.05, 3.63) is 0 Å². The zero-order chi connectivity index (χ0) is 27.5. The normalized spacial score (nSPS) is 30.0. The number of amides is 5. The van der Waals surface area contributed by atoms with E-state index in [-0.39, 0.29) is 59.0 Å². The minimum Gasteiger partial charge on any atom is -0.350 e. The maximum Gasteiger partial charge on any atom is 0.317 e. The zero-order valence-corrected chi connectivity index (χ0v) is 23.2. The first-order valence-corrected chi connectivity index (χ1v) is 13.4. The van der Waals surface area contributed by atoms with Crippen LogP contribution in [0.1, 0.15) is 66.7 Å². The minimum atomic E-state index is -0.757. The highest BCUT2D eigenvalue weighted by Crippen LogP contribution is 2.65. The molecule has 204 valence electrons. The molecule has 2 aliphatic heterocycles. The van der Waals surface area contributed by atoms with E-state index < -0.39 is 17.5 Å². The van der Waals surface area contributed by atoms with Gasteiger partial charge in [0.05, 0.1) is 6.07 Å². The lowest BCUT2D eigenvalue weighted by molar-refractivity contribution is -0.139. The van der Waals surface area contributed by atoms with Crippen molar-refractivity contribution < 1.29 is 19.2 Å². The maximum atomic E-state index is 13.8. The summed E-state index contributed by atoms with van der Waals surface area (Å²) < 4.78 is 0. The second-order valence-electron chi connectivity index (χ2n) is 13.5. The lowest BCUT2D eigenvalue weighted by Gasteiger charge is -2.38. The number of rotatable bonds is 7. The van der Waals surface area contributed by atoms with Gasteiger partial charge in [0.15, 0.2) is 0 Å². The van der Waals surface area contributed by atoms with Gasteiger partial charge in [0.2, 0.25) is 17.7 Å². The Labute approximate surface area is 219 Å². The average molecular weight is 515 g/mol. The standard InChI is InChI=1S/C27H42N6O4/c1-25(2,3)21(30-24(37)32(6)7)23(36)33-14-17-20(26(17,4)5)18(33)11-19(34)29-16(13-28)10-15-12-27(8-9-27)31-22(15)35/h15-18,20-21H,8-12,14H2,1-7H3,(H,29,34)(H,30,37)(H,31,35)/t15-,16+,17+,18-,20+,21-/m1/s1. The van der Waals surface area contributed by atoms with E-state index in [9.17, 15) is 24.4 Å². The topological polar surface area (TPSA) is 135 Å². The molecular formula is C27H42N6O4. The highest BCUT2D eigenvalue weighted by Gasteiger charge is 2.68. The lowest BCUT2D eigenvalue weighted by atomic mass is 9.85. The van der Waals surface area contributed by atoms with Crippen LogP contribution in [0.3, 0.4) is 0 Å². The SMILES string of the molecule is CN(C)C(=O)N[C@H](C(=O)N1C[C@H]2[C@@H]([C@H]1CC(=O)N[C@H](C#N)C[C@@H]1CC3(CC3)NC1=O)C2(C)C)C(C)(C)C. The Morgan fingerprint density at radius 3 is 2.38 bits per heavy atom. The fourth-order valence-corrected chi connectivity index (χ4v) is 6.52. The first kappa shape index (κ1) is 27.2. The number of urea groups is 1. The lowest BCUT2D eigenvalue weighted by Crippen LogP contribution is -2.58. The van der Waals surface area contributed by atoms with Gasteiger partial charge in [-0.2, -0.15) is 5.26 Å². The molecule has 6 atom stereocenters. The van der Waals surface area contributed by atoms with Gasteiger partial charge in [0.1, 0.15) is 12.1 Å². The summed E-state index contributed by atoms with van der Waals surface area (Å²) in [6.07, 6.45) is 3.06. The van der Waals surface area contributed by atoms with Crippen molar-refractivity contribution in [3.63, 3.8) is 0 Å². The quantitative estimate of drug-likeness (QED) is 0.475. The largest absolute Gasteiger partial charge is 0.350 e. The molecule has 37 heavy (non-hydrogen) atoms. The van der Waals surface area contributed by atoms with E-state index in [1.54, 1.807) is 19.0 Å². The van der Waals surface area contributed by atoms with Crippen molar-refractivity contribution in [2.24, 2.45) is 28.6 Å². The summed E-state index contributed by atoms with van der Waals surface area (Å²) in [7, 11) is 3.26. The molecule has 3 N–H and O–H groups in total. The number of fused-ring (bicyclic) bond motifs is 1. The molecule has 4 fully saturated rings. The molecule has 10 nitrogen and oxygen atoms in total. The molecule has 0 radical (unpaired) electrons. The van der Waals surface area contributed by atoms with Gasteiger partial charge in [-0.1, -0.05) is 34.6 Å². The number of nitriles is 1. The van der Waals surface area contributed by atoms with Crippen LogP contribution in [0.4, 0.5) is 4.79 Å². The third kappa shape index (κ3) is 5.27. The molecule has 0 unspecified atom stereocenters. The fourth-order valence-electron chi connectivity index (χ4n) is 6.52. The van der Waals surface area contributed by atoms with Gasteiger partial charge in [-0.25, -0.2) is 4.79 Å². The summed E-state index contributed by atoms with van der Waals surface area (Å²) in [5.41, 5.74) is -0.569. The average Bonchev–Trinajstić information content (AvgIpc) is 3.53. The van der Waals surface area contributed by atoms with Crippen LogP contribution in [0, 0.1) is 39.9 Å². The van der Waals surface area contributed by atoms with Crippen LogP contribution in [0.5, 0.6) is 0 Å². The van der Waals surface area contributed by atoms with Gasteiger partial charge in [0, 0.05) is 44.6 Å². The Morgan fingerprint density at radius 1 is 1.22 bits per heavy atom. The second kappa shape index (κ2) is 9.17. The first-order chi connectivity index (χ1) is 17.1. The van der Waals surface area contributed by atoms with E-state index in [0.717, 1.165) is 19.3 Å². The highest BCUT2D eigenvalue weighted by atomic mass is 16.2. The Balaban J connectivity index is 1.43. The number of hydrogen-bond donors (Lipinski definition) is 3. The molecular weight excluding hydrogens is 472 g/mol. The fraction of sp³-hybridized carbons (Fsp3) is 0.815. The highest BCUT2D eigenvalue weighted by molar-refractivity contribution is 5.89. The molecule has 5 amide bonds. The van der Waals surface area contributed by atoms with Crippen molar-refractivity contribution in [1.29, 1.82) is 5.26 Å². The van der Waals surface area contributed by atoms with Gasteiger partial charge in [-0.3, -0.25) is 14.4 Å². The molecule has 2 saturated heterocycles. The summed E-state index contributed by atoms with van der Waals surface area (Å²) in [6.45, 7) is 10.6.